The van der Waals surface area contributed by atoms with E-state index >= 15 is 0 Å². The molecule has 2 atom stereocenters. The number of ether oxygens (including phenoxy) is 1. The summed E-state index contributed by atoms with van der Waals surface area (Å²) in [4.78, 5) is 23.2. The maximum Gasteiger partial charge on any atom is 0.407 e. The molecule has 0 bridgehead atoms. The zero-order valence-corrected chi connectivity index (χ0v) is 10.3. The van der Waals surface area contributed by atoms with E-state index < -0.39 is 6.09 Å². The van der Waals surface area contributed by atoms with Gasteiger partial charge in [-0.15, -0.1) is 0 Å². The summed E-state index contributed by atoms with van der Waals surface area (Å²) in [7, 11) is 1.32. The molecule has 0 radical (unpaired) electrons. The third-order valence-electron chi connectivity index (χ3n) is 3.07. The molecule has 0 aromatic heterocycles. The van der Waals surface area contributed by atoms with Crippen LogP contribution >= 0.6 is 0 Å². The number of hydrogen-bond donors (Lipinski definition) is 1. The Bertz CT molecular complexity index is 261. The highest BCUT2D eigenvalue weighted by Gasteiger charge is 2.38. The molecule has 0 spiro atoms. The van der Waals surface area contributed by atoms with Crippen LogP contribution in [-0.4, -0.2) is 25.0 Å². The van der Waals surface area contributed by atoms with Gasteiger partial charge >= 0.3 is 6.09 Å². The van der Waals surface area contributed by atoms with Crippen molar-refractivity contribution in [3.8, 4) is 0 Å². The second-order valence-corrected chi connectivity index (χ2v) is 4.54. The minimum absolute atomic E-state index is 0.0211. The van der Waals surface area contributed by atoms with E-state index in [1.807, 2.05) is 6.92 Å². The summed E-state index contributed by atoms with van der Waals surface area (Å²) in [5.41, 5.74) is 0. The molecular weight excluding hydrogens is 206 g/mol. The van der Waals surface area contributed by atoms with Gasteiger partial charge < -0.3 is 10.1 Å². The van der Waals surface area contributed by atoms with E-state index in [9.17, 15) is 9.59 Å². The molecule has 1 N–H and O–H groups in total. The first-order valence-corrected chi connectivity index (χ1v) is 5.98. The summed E-state index contributed by atoms with van der Waals surface area (Å²) in [6, 6.07) is -0.339. The van der Waals surface area contributed by atoms with E-state index in [0.717, 1.165) is 25.7 Å². The zero-order chi connectivity index (χ0) is 12.1. The minimum atomic E-state index is -0.506. The maximum atomic E-state index is 12.1. The van der Waals surface area contributed by atoms with Crippen molar-refractivity contribution in [1.82, 2.24) is 5.32 Å². The predicted octanol–water partition coefficient (Wildman–Crippen LogP) is 2.13. The maximum absolute atomic E-state index is 12.1. The van der Waals surface area contributed by atoms with Crippen molar-refractivity contribution in [3.05, 3.63) is 0 Å². The normalized spacial score (nSPS) is 18.7. The Hall–Kier alpha value is -1.06. The van der Waals surface area contributed by atoms with Gasteiger partial charge in [0.2, 0.25) is 0 Å². The molecule has 0 aromatic carbocycles. The summed E-state index contributed by atoms with van der Waals surface area (Å²) in [6.07, 6.45) is 3.42. The number of Topliss-reactive ketones (excluding diaryl/α,β-unsaturated/α-hetero) is 1. The number of carbonyl (C=O) groups is 2. The highest BCUT2D eigenvalue weighted by atomic mass is 16.5. The largest absolute Gasteiger partial charge is 0.453 e. The average molecular weight is 227 g/mol. The van der Waals surface area contributed by atoms with E-state index in [1.54, 1.807) is 0 Å². The number of methoxy groups -OCH3 is 1. The van der Waals surface area contributed by atoms with Gasteiger partial charge in [0.05, 0.1) is 13.2 Å². The van der Waals surface area contributed by atoms with E-state index in [4.69, 9.17) is 0 Å². The molecule has 1 fully saturated rings. The summed E-state index contributed by atoms with van der Waals surface area (Å²) >= 11 is 0. The fourth-order valence-corrected chi connectivity index (χ4v) is 1.92. The Morgan fingerprint density at radius 3 is 2.50 bits per heavy atom. The topological polar surface area (TPSA) is 55.4 Å². The van der Waals surface area contributed by atoms with Gasteiger partial charge in [0.15, 0.2) is 5.78 Å². The third kappa shape index (κ3) is 3.51. The molecular formula is C12H21NO3. The molecule has 1 saturated carbocycles. The molecule has 0 saturated heterocycles. The summed E-state index contributed by atoms with van der Waals surface area (Å²) in [6.45, 7) is 3.99. The molecule has 4 heteroatoms. The van der Waals surface area contributed by atoms with Crippen LogP contribution in [0.1, 0.15) is 39.5 Å². The van der Waals surface area contributed by atoms with Gasteiger partial charge in [-0.25, -0.2) is 4.79 Å². The Balaban J connectivity index is 2.55. The van der Waals surface area contributed by atoms with Crippen LogP contribution in [0.15, 0.2) is 0 Å². The third-order valence-corrected chi connectivity index (χ3v) is 3.07. The van der Waals surface area contributed by atoms with E-state index in [0.29, 0.717) is 5.92 Å². The van der Waals surface area contributed by atoms with Crippen molar-refractivity contribution in [3.63, 3.8) is 0 Å². The van der Waals surface area contributed by atoms with Crippen molar-refractivity contribution >= 4 is 11.9 Å². The predicted molar refractivity (Wildman–Crippen MR) is 61.1 cm³/mol. The summed E-state index contributed by atoms with van der Waals surface area (Å²) < 4.78 is 4.55. The monoisotopic (exact) mass is 227 g/mol. The lowest BCUT2D eigenvalue weighted by Crippen LogP contribution is -2.44. The molecule has 1 aliphatic carbocycles. The number of nitrogens with one attached hydrogen (secondary N) is 1. The van der Waals surface area contributed by atoms with Gasteiger partial charge in [-0.2, -0.15) is 0 Å². The molecule has 0 aromatic rings. The van der Waals surface area contributed by atoms with Gasteiger partial charge in [0.25, 0.3) is 0 Å². The lowest BCUT2D eigenvalue weighted by Gasteiger charge is -2.19. The SMILES string of the molecule is CCCC(C)C(=O)[C@@H](NC(=O)OC)C1CC1. The van der Waals surface area contributed by atoms with Gasteiger partial charge in [-0.1, -0.05) is 20.3 Å². The van der Waals surface area contributed by atoms with E-state index in [2.05, 4.69) is 17.0 Å². The number of ketones is 1. The smallest absolute Gasteiger partial charge is 0.407 e. The fourth-order valence-electron chi connectivity index (χ4n) is 1.92. The average Bonchev–Trinajstić information content (AvgIpc) is 3.08. The van der Waals surface area contributed by atoms with Crippen molar-refractivity contribution in [2.45, 2.75) is 45.6 Å². The van der Waals surface area contributed by atoms with Crippen LogP contribution in [0.4, 0.5) is 4.79 Å². The van der Waals surface area contributed by atoms with Crippen molar-refractivity contribution in [2.24, 2.45) is 11.8 Å². The number of carbonyl (C=O) groups excluding carboxylic acids is 2. The molecule has 4 nitrogen and oxygen atoms in total. The second-order valence-electron chi connectivity index (χ2n) is 4.54. The summed E-state index contributed by atoms with van der Waals surface area (Å²) in [5, 5.41) is 2.66. The van der Waals surface area contributed by atoms with Gasteiger partial charge in [0, 0.05) is 5.92 Å². The molecule has 0 heterocycles. The minimum Gasteiger partial charge on any atom is -0.453 e. The molecule has 1 amide bonds. The molecule has 0 aliphatic heterocycles. The van der Waals surface area contributed by atoms with E-state index in [-0.39, 0.29) is 17.7 Å². The van der Waals surface area contributed by atoms with Crippen LogP contribution < -0.4 is 5.32 Å². The van der Waals surface area contributed by atoms with Crippen LogP contribution in [0.2, 0.25) is 0 Å². The van der Waals surface area contributed by atoms with Crippen molar-refractivity contribution < 1.29 is 14.3 Å². The lowest BCUT2D eigenvalue weighted by molar-refractivity contribution is -0.125. The van der Waals surface area contributed by atoms with Crippen LogP contribution in [0.3, 0.4) is 0 Å². The standard InChI is InChI=1S/C12H21NO3/c1-4-5-8(2)11(14)10(9-6-7-9)13-12(15)16-3/h8-10H,4-7H2,1-3H3,(H,13,15)/t8?,10-/m0/s1. The van der Waals surface area contributed by atoms with Gasteiger partial charge in [-0.05, 0) is 25.2 Å². The highest BCUT2D eigenvalue weighted by Crippen LogP contribution is 2.34. The first-order valence-electron chi connectivity index (χ1n) is 5.98. The molecule has 1 aliphatic rings. The lowest BCUT2D eigenvalue weighted by atomic mass is 9.93. The Morgan fingerprint density at radius 1 is 1.44 bits per heavy atom. The number of amides is 1. The fraction of sp³-hybridized carbons (Fsp3) is 0.833. The first kappa shape index (κ1) is 13.0. The molecule has 1 rings (SSSR count). The van der Waals surface area contributed by atoms with Crippen molar-refractivity contribution in [1.29, 1.82) is 0 Å². The Morgan fingerprint density at radius 2 is 2.06 bits per heavy atom. The Labute approximate surface area is 96.7 Å². The van der Waals surface area contributed by atoms with Crippen molar-refractivity contribution in [2.75, 3.05) is 7.11 Å². The van der Waals surface area contributed by atoms with Crippen LogP contribution in [0.25, 0.3) is 0 Å². The van der Waals surface area contributed by atoms with Gasteiger partial charge in [-0.3, -0.25) is 4.79 Å². The van der Waals surface area contributed by atoms with E-state index in [1.165, 1.54) is 7.11 Å². The molecule has 1 unspecified atom stereocenters. The van der Waals surface area contributed by atoms with Crippen LogP contribution in [0, 0.1) is 11.8 Å². The number of rotatable bonds is 6. The number of hydrogen-bond acceptors (Lipinski definition) is 3. The number of alkyl carbamates (subject to hydrolysis) is 1. The second kappa shape index (κ2) is 5.87. The zero-order valence-electron chi connectivity index (χ0n) is 10.3. The van der Waals surface area contributed by atoms with Crippen LogP contribution in [0.5, 0.6) is 0 Å². The Kier molecular flexibility index (Phi) is 4.77. The summed E-state index contributed by atoms with van der Waals surface area (Å²) in [5.74, 6) is 0.494. The highest BCUT2D eigenvalue weighted by molar-refractivity contribution is 5.89. The molecule has 16 heavy (non-hydrogen) atoms. The quantitative estimate of drug-likeness (QED) is 0.756. The van der Waals surface area contributed by atoms with Crippen LogP contribution in [-0.2, 0) is 9.53 Å². The molecule has 92 valence electrons. The van der Waals surface area contributed by atoms with Gasteiger partial charge in [0.1, 0.15) is 0 Å². The first-order chi connectivity index (χ1) is 7.60.